The molecular weight excluding hydrogens is 260 g/mol. The average Bonchev–Trinajstić information content (AvgIpc) is 2.17. The standard InChI is InChI=1S/C10H13BrN2O2/c1-6(14)13-10-7(4-5-12)8(11)2-3-9(10)15/h2-3,15H,4-5,12H2,1H3,(H,13,14). The number of hydrogen-bond acceptors (Lipinski definition) is 3. The highest BCUT2D eigenvalue weighted by molar-refractivity contribution is 9.10. The highest BCUT2D eigenvalue weighted by Gasteiger charge is 2.12. The van der Waals surface area contributed by atoms with Crippen molar-refractivity contribution < 1.29 is 9.90 Å². The quantitative estimate of drug-likeness (QED) is 0.732. The maximum atomic E-state index is 11.0. The Kier molecular flexibility index (Phi) is 4.11. The topological polar surface area (TPSA) is 75.3 Å². The molecule has 1 aromatic rings. The largest absolute Gasteiger partial charge is 0.506 e. The molecule has 0 aliphatic rings. The second kappa shape index (κ2) is 5.14. The van der Waals surface area contributed by atoms with Gasteiger partial charge in [0, 0.05) is 11.4 Å². The molecule has 0 saturated carbocycles. The first-order valence-corrected chi connectivity index (χ1v) is 5.33. The van der Waals surface area contributed by atoms with E-state index >= 15 is 0 Å². The Morgan fingerprint density at radius 3 is 2.80 bits per heavy atom. The van der Waals surface area contributed by atoms with Crippen LogP contribution in [0.2, 0.25) is 0 Å². The van der Waals surface area contributed by atoms with Crippen molar-refractivity contribution in [1.82, 2.24) is 0 Å². The van der Waals surface area contributed by atoms with Gasteiger partial charge in [0.1, 0.15) is 5.75 Å². The molecule has 0 saturated heterocycles. The number of hydrogen-bond donors (Lipinski definition) is 3. The normalized spacial score (nSPS) is 10.1. The number of nitrogens with one attached hydrogen (secondary N) is 1. The van der Waals surface area contributed by atoms with E-state index in [1.165, 1.54) is 13.0 Å². The number of phenolic OH excluding ortho intramolecular Hbond substituents is 1. The second-order valence-electron chi connectivity index (χ2n) is 3.14. The van der Waals surface area contributed by atoms with E-state index in [4.69, 9.17) is 5.73 Å². The first-order chi connectivity index (χ1) is 7.06. The number of rotatable bonds is 3. The van der Waals surface area contributed by atoms with E-state index in [-0.39, 0.29) is 11.7 Å². The fourth-order valence-corrected chi connectivity index (χ4v) is 1.84. The van der Waals surface area contributed by atoms with Gasteiger partial charge in [-0.2, -0.15) is 0 Å². The number of carbonyl (C=O) groups excluding carboxylic acids is 1. The monoisotopic (exact) mass is 272 g/mol. The summed E-state index contributed by atoms with van der Waals surface area (Å²) in [4.78, 5) is 11.0. The van der Waals surface area contributed by atoms with E-state index < -0.39 is 0 Å². The first kappa shape index (κ1) is 12.0. The van der Waals surface area contributed by atoms with Crippen LogP contribution in [0.3, 0.4) is 0 Å². The average molecular weight is 273 g/mol. The molecule has 82 valence electrons. The van der Waals surface area contributed by atoms with E-state index in [9.17, 15) is 9.90 Å². The van der Waals surface area contributed by atoms with Crippen molar-refractivity contribution in [1.29, 1.82) is 0 Å². The van der Waals surface area contributed by atoms with Gasteiger partial charge in [0.05, 0.1) is 5.69 Å². The van der Waals surface area contributed by atoms with Crippen molar-refractivity contribution in [2.45, 2.75) is 13.3 Å². The fourth-order valence-electron chi connectivity index (χ4n) is 1.31. The van der Waals surface area contributed by atoms with Crippen LogP contribution < -0.4 is 11.1 Å². The Morgan fingerprint density at radius 1 is 1.60 bits per heavy atom. The van der Waals surface area contributed by atoms with Gasteiger partial charge in [-0.1, -0.05) is 15.9 Å². The maximum absolute atomic E-state index is 11.0. The molecule has 0 spiro atoms. The van der Waals surface area contributed by atoms with Crippen molar-refractivity contribution in [3.05, 3.63) is 22.2 Å². The van der Waals surface area contributed by atoms with Gasteiger partial charge >= 0.3 is 0 Å². The lowest BCUT2D eigenvalue weighted by Crippen LogP contribution is -2.11. The molecule has 0 unspecified atom stereocenters. The minimum absolute atomic E-state index is 0.0526. The zero-order chi connectivity index (χ0) is 11.4. The second-order valence-corrected chi connectivity index (χ2v) is 3.99. The minimum atomic E-state index is -0.221. The first-order valence-electron chi connectivity index (χ1n) is 4.54. The van der Waals surface area contributed by atoms with Crippen molar-refractivity contribution in [3.8, 4) is 5.75 Å². The summed E-state index contributed by atoms with van der Waals surface area (Å²) in [5, 5.41) is 12.2. The smallest absolute Gasteiger partial charge is 0.221 e. The number of carbonyl (C=O) groups is 1. The number of aromatic hydroxyl groups is 1. The van der Waals surface area contributed by atoms with Gasteiger partial charge in [-0.3, -0.25) is 4.79 Å². The molecule has 1 aromatic carbocycles. The molecule has 0 heterocycles. The lowest BCUT2D eigenvalue weighted by molar-refractivity contribution is -0.114. The summed E-state index contributed by atoms with van der Waals surface area (Å²) in [5.41, 5.74) is 6.71. The predicted molar refractivity (Wildman–Crippen MR) is 62.9 cm³/mol. The van der Waals surface area contributed by atoms with E-state index in [1.807, 2.05) is 0 Å². The maximum Gasteiger partial charge on any atom is 0.221 e. The summed E-state index contributed by atoms with van der Waals surface area (Å²) in [6.07, 6.45) is 0.588. The van der Waals surface area contributed by atoms with Gasteiger partial charge in [-0.05, 0) is 30.7 Å². The molecule has 0 aliphatic carbocycles. The Balaban J connectivity index is 3.18. The van der Waals surface area contributed by atoms with Gasteiger partial charge in [0.2, 0.25) is 5.91 Å². The summed E-state index contributed by atoms with van der Waals surface area (Å²) < 4.78 is 0.828. The molecule has 5 heteroatoms. The van der Waals surface area contributed by atoms with Crippen LogP contribution >= 0.6 is 15.9 Å². The van der Waals surface area contributed by atoms with Crippen LogP contribution in [-0.4, -0.2) is 17.6 Å². The zero-order valence-electron chi connectivity index (χ0n) is 8.38. The molecule has 1 amide bonds. The van der Waals surface area contributed by atoms with E-state index in [1.54, 1.807) is 6.07 Å². The summed E-state index contributed by atoms with van der Waals surface area (Å²) in [7, 11) is 0. The number of amides is 1. The van der Waals surface area contributed by atoms with Crippen molar-refractivity contribution >= 4 is 27.5 Å². The lowest BCUT2D eigenvalue weighted by atomic mass is 10.1. The number of nitrogens with two attached hydrogens (primary N) is 1. The van der Waals surface area contributed by atoms with Crippen molar-refractivity contribution in [2.75, 3.05) is 11.9 Å². The molecule has 0 radical (unpaired) electrons. The molecule has 0 atom stereocenters. The summed E-state index contributed by atoms with van der Waals surface area (Å²) in [6, 6.07) is 3.25. The molecular formula is C10H13BrN2O2. The number of benzene rings is 1. The van der Waals surface area contributed by atoms with E-state index in [0.29, 0.717) is 18.7 Å². The molecule has 0 aliphatic heterocycles. The van der Waals surface area contributed by atoms with Crippen LogP contribution in [-0.2, 0) is 11.2 Å². The van der Waals surface area contributed by atoms with E-state index in [0.717, 1.165) is 10.0 Å². The van der Waals surface area contributed by atoms with Crippen LogP contribution in [0.25, 0.3) is 0 Å². The van der Waals surface area contributed by atoms with Gasteiger partial charge in [-0.15, -0.1) is 0 Å². The Morgan fingerprint density at radius 2 is 2.27 bits per heavy atom. The lowest BCUT2D eigenvalue weighted by Gasteiger charge is -2.12. The number of phenols is 1. The molecule has 15 heavy (non-hydrogen) atoms. The summed E-state index contributed by atoms with van der Waals surface area (Å²) in [6.45, 7) is 1.85. The van der Waals surface area contributed by atoms with Gasteiger partial charge < -0.3 is 16.2 Å². The molecule has 0 bridgehead atoms. The Labute approximate surface area is 96.6 Å². The zero-order valence-corrected chi connectivity index (χ0v) is 9.97. The molecule has 4 nitrogen and oxygen atoms in total. The third-order valence-electron chi connectivity index (χ3n) is 1.93. The van der Waals surface area contributed by atoms with Crippen LogP contribution in [0.1, 0.15) is 12.5 Å². The van der Waals surface area contributed by atoms with Gasteiger partial charge in [-0.25, -0.2) is 0 Å². The van der Waals surface area contributed by atoms with Crippen molar-refractivity contribution in [2.24, 2.45) is 5.73 Å². The molecule has 0 aromatic heterocycles. The van der Waals surface area contributed by atoms with E-state index in [2.05, 4.69) is 21.2 Å². The number of anilines is 1. The third kappa shape index (κ3) is 2.94. The van der Waals surface area contributed by atoms with Crippen LogP contribution in [0.4, 0.5) is 5.69 Å². The van der Waals surface area contributed by atoms with Gasteiger partial charge in [0.25, 0.3) is 0 Å². The van der Waals surface area contributed by atoms with Crippen LogP contribution in [0.5, 0.6) is 5.75 Å². The molecule has 1 rings (SSSR count). The Bertz CT molecular complexity index is 380. The molecule has 4 N–H and O–H groups in total. The van der Waals surface area contributed by atoms with Crippen LogP contribution in [0.15, 0.2) is 16.6 Å². The highest BCUT2D eigenvalue weighted by atomic mass is 79.9. The minimum Gasteiger partial charge on any atom is -0.506 e. The predicted octanol–water partition coefficient (Wildman–Crippen LogP) is 1.61. The summed E-state index contributed by atoms with van der Waals surface area (Å²) in [5.74, 6) is -0.168. The van der Waals surface area contributed by atoms with Gasteiger partial charge in [0.15, 0.2) is 0 Å². The highest BCUT2D eigenvalue weighted by Crippen LogP contribution is 2.33. The Hall–Kier alpha value is -1.07. The summed E-state index contributed by atoms with van der Waals surface area (Å²) >= 11 is 3.35. The van der Waals surface area contributed by atoms with Crippen molar-refractivity contribution in [3.63, 3.8) is 0 Å². The third-order valence-corrected chi connectivity index (χ3v) is 2.67. The molecule has 0 fully saturated rings. The van der Waals surface area contributed by atoms with Crippen LogP contribution in [0, 0.1) is 0 Å². The fraction of sp³-hybridized carbons (Fsp3) is 0.300. The SMILES string of the molecule is CC(=O)Nc1c(O)ccc(Br)c1CCN. The number of halogens is 1.